The maximum absolute atomic E-state index is 10.6. The number of carbonyl (C=O) groups is 1. The summed E-state index contributed by atoms with van der Waals surface area (Å²) in [6.45, 7) is 5.55. The molecule has 84 valence electrons. The Bertz CT molecular complexity index is 189. The normalized spacial score (nSPS) is 19.4. The molecule has 0 aliphatic carbocycles. The molecule has 1 rings (SSSR count). The van der Waals surface area contributed by atoms with Crippen molar-refractivity contribution in [1.82, 2.24) is 4.90 Å². The maximum Gasteiger partial charge on any atom is 0.143 e. The topological polar surface area (TPSA) is 89.9 Å². The van der Waals surface area contributed by atoms with E-state index in [2.05, 4.69) is 4.90 Å². The summed E-state index contributed by atoms with van der Waals surface area (Å²) >= 11 is -2.86. The summed E-state index contributed by atoms with van der Waals surface area (Å²) in [7, 11) is 0. The lowest BCUT2D eigenvalue weighted by molar-refractivity contribution is -0.119. The second-order valence-corrected chi connectivity index (χ2v) is 3.24. The van der Waals surface area contributed by atoms with Gasteiger partial charge in [-0.1, -0.05) is 0 Å². The van der Waals surface area contributed by atoms with Crippen molar-refractivity contribution in [1.29, 1.82) is 0 Å². The highest BCUT2D eigenvalue weighted by molar-refractivity contribution is 7.73. The highest BCUT2D eigenvalue weighted by atomic mass is 32.2. The molecule has 1 aliphatic heterocycles. The Balaban J connectivity index is 0.000000364. The van der Waals surface area contributed by atoms with Crippen LogP contribution < -0.4 is 0 Å². The summed E-state index contributed by atoms with van der Waals surface area (Å²) in [5.41, 5.74) is 0. The van der Waals surface area contributed by atoms with E-state index in [1.54, 1.807) is 6.92 Å². The van der Waals surface area contributed by atoms with Gasteiger partial charge in [0.25, 0.3) is 0 Å². The van der Waals surface area contributed by atoms with Crippen LogP contribution in [0.25, 0.3) is 0 Å². The van der Waals surface area contributed by atoms with Gasteiger partial charge >= 0.3 is 0 Å². The first-order valence-corrected chi connectivity index (χ1v) is 5.13. The Morgan fingerprint density at radius 3 is 2.36 bits per heavy atom. The summed E-state index contributed by atoms with van der Waals surface area (Å²) in [5.74, 6) is 0.238. The number of ether oxygens (including phenoxy) is 1. The first kappa shape index (κ1) is 13.7. The molecule has 14 heavy (non-hydrogen) atoms. The van der Waals surface area contributed by atoms with Gasteiger partial charge in [-0.15, -0.1) is 0 Å². The molecule has 1 unspecified atom stereocenters. The van der Waals surface area contributed by atoms with Gasteiger partial charge in [0.2, 0.25) is 0 Å². The predicted octanol–water partition coefficient (Wildman–Crippen LogP) is -0.754. The Hall–Kier alpha value is -0.340. The largest absolute Gasteiger partial charge is 0.750 e. The molecule has 1 atom stereocenters. The van der Waals surface area contributed by atoms with Crippen molar-refractivity contribution in [2.75, 3.05) is 32.8 Å². The van der Waals surface area contributed by atoms with Crippen LogP contribution >= 0.6 is 0 Å². The van der Waals surface area contributed by atoms with E-state index in [0.29, 0.717) is 6.54 Å². The molecule has 0 aromatic carbocycles. The highest BCUT2D eigenvalue weighted by Crippen LogP contribution is 1.95. The van der Waals surface area contributed by atoms with Gasteiger partial charge in [-0.2, -0.15) is 0 Å². The summed E-state index contributed by atoms with van der Waals surface area (Å²) in [6.07, 6.45) is 0. The first-order chi connectivity index (χ1) is 6.52. The zero-order valence-electron chi connectivity index (χ0n) is 7.97. The smallest absolute Gasteiger partial charge is 0.143 e. The van der Waals surface area contributed by atoms with Gasteiger partial charge in [-0.25, -0.2) is 4.21 Å². The van der Waals surface area contributed by atoms with Gasteiger partial charge in [0.05, 0.1) is 31.1 Å². The molecule has 1 saturated heterocycles. The van der Waals surface area contributed by atoms with Gasteiger partial charge in [0.1, 0.15) is 5.78 Å². The zero-order valence-corrected chi connectivity index (χ0v) is 8.79. The number of morpholine rings is 1. The average Bonchev–Trinajstić information content (AvgIpc) is 2.03. The van der Waals surface area contributed by atoms with E-state index >= 15 is 0 Å². The minimum atomic E-state index is -2.86. The van der Waals surface area contributed by atoms with Crippen LogP contribution in [0.3, 0.4) is 0 Å². The molecule has 0 spiro atoms. The fraction of sp³-hybridized carbons (Fsp3) is 0.857. The fourth-order valence-electron chi connectivity index (χ4n) is 1.07. The Kier molecular flexibility index (Phi) is 7.81. The molecule has 0 aromatic heterocycles. The van der Waals surface area contributed by atoms with Crippen molar-refractivity contribution in [3.8, 4) is 0 Å². The minimum Gasteiger partial charge on any atom is -0.750 e. The van der Waals surface area contributed by atoms with Crippen LogP contribution in [-0.4, -0.2) is 56.8 Å². The van der Waals surface area contributed by atoms with Crippen LogP contribution in [0, 0.1) is 0 Å². The summed E-state index contributed by atoms with van der Waals surface area (Å²) in [5, 5.41) is 0. The van der Waals surface area contributed by atoms with E-state index in [-0.39, 0.29) is 5.78 Å². The molecular weight excluding hydrogens is 210 g/mol. The zero-order chi connectivity index (χ0) is 11.0. The number of carbonyl (C=O) groups excluding carboxylic acids is 1. The molecular formula is C7H14NO5S-. The Morgan fingerprint density at radius 1 is 1.57 bits per heavy atom. The lowest BCUT2D eigenvalue weighted by atomic mass is 10.3. The average molecular weight is 224 g/mol. The molecule has 0 saturated carbocycles. The molecule has 1 heterocycles. The minimum absolute atomic E-state index is 0.238. The van der Waals surface area contributed by atoms with Gasteiger partial charge < -0.3 is 13.8 Å². The maximum atomic E-state index is 10.6. The molecule has 1 aliphatic rings. The number of nitrogens with zero attached hydrogens (tertiary/aromatic N) is 1. The van der Waals surface area contributed by atoms with Crippen molar-refractivity contribution in [2.24, 2.45) is 0 Å². The molecule has 0 amide bonds. The second-order valence-electron chi connectivity index (χ2n) is 2.81. The van der Waals surface area contributed by atoms with Crippen molar-refractivity contribution in [2.45, 2.75) is 6.92 Å². The van der Waals surface area contributed by atoms with E-state index in [1.807, 2.05) is 0 Å². The molecule has 0 aromatic rings. The van der Waals surface area contributed by atoms with Crippen molar-refractivity contribution in [3.05, 3.63) is 0 Å². The van der Waals surface area contributed by atoms with Gasteiger partial charge in [0, 0.05) is 13.1 Å². The van der Waals surface area contributed by atoms with Gasteiger partial charge in [-0.05, 0) is 6.92 Å². The summed E-state index contributed by atoms with van der Waals surface area (Å²) in [4.78, 5) is 12.7. The standard InChI is InChI=1S/C7H13NO2.H2O3S/c1-7(9)6-8-2-4-10-5-3-8;1-4(2)3/h2-6H2,1H3;(H2,1,2,3)/p-1. The van der Waals surface area contributed by atoms with E-state index in [4.69, 9.17) is 18.1 Å². The van der Waals surface area contributed by atoms with Crippen LogP contribution in [0.2, 0.25) is 0 Å². The van der Waals surface area contributed by atoms with Gasteiger partial charge in [0.15, 0.2) is 0 Å². The molecule has 7 heteroatoms. The number of hydrogen-bond acceptors (Lipinski definition) is 5. The highest BCUT2D eigenvalue weighted by Gasteiger charge is 2.10. The number of hydrogen-bond donors (Lipinski definition) is 1. The van der Waals surface area contributed by atoms with Crippen LogP contribution in [-0.2, 0) is 20.9 Å². The quantitative estimate of drug-likeness (QED) is 0.620. The summed E-state index contributed by atoms with van der Waals surface area (Å²) < 4.78 is 29.2. The molecule has 1 N–H and O–H groups in total. The molecule has 0 radical (unpaired) electrons. The third-order valence-corrected chi connectivity index (χ3v) is 1.55. The van der Waals surface area contributed by atoms with Crippen LogP contribution in [0.1, 0.15) is 6.92 Å². The van der Waals surface area contributed by atoms with E-state index < -0.39 is 11.4 Å². The fourth-order valence-corrected chi connectivity index (χ4v) is 1.07. The predicted molar refractivity (Wildman–Crippen MR) is 49.5 cm³/mol. The van der Waals surface area contributed by atoms with Crippen molar-refractivity contribution >= 4 is 17.1 Å². The number of rotatable bonds is 2. The number of Topliss-reactive ketones (excluding diaryl/α,β-unsaturated/α-hetero) is 1. The third kappa shape index (κ3) is 9.75. The van der Waals surface area contributed by atoms with E-state index in [9.17, 15) is 4.79 Å². The SMILES string of the molecule is CC(=O)CN1CCOCC1.O=S([O-])O. The summed E-state index contributed by atoms with van der Waals surface area (Å²) in [6, 6.07) is 0. The monoisotopic (exact) mass is 224 g/mol. The molecule has 6 nitrogen and oxygen atoms in total. The first-order valence-electron chi connectivity index (χ1n) is 4.10. The van der Waals surface area contributed by atoms with Crippen molar-refractivity contribution < 1.29 is 22.8 Å². The van der Waals surface area contributed by atoms with E-state index in [1.165, 1.54) is 0 Å². The Labute approximate surface area is 85.3 Å². The molecule has 1 fully saturated rings. The van der Waals surface area contributed by atoms with Crippen molar-refractivity contribution in [3.63, 3.8) is 0 Å². The lowest BCUT2D eigenvalue weighted by Crippen LogP contribution is -2.38. The van der Waals surface area contributed by atoms with Crippen LogP contribution in [0.4, 0.5) is 0 Å². The van der Waals surface area contributed by atoms with Crippen LogP contribution in [0.5, 0.6) is 0 Å². The number of ketones is 1. The lowest BCUT2D eigenvalue weighted by Gasteiger charge is -2.25. The van der Waals surface area contributed by atoms with Crippen LogP contribution in [0.15, 0.2) is 0 Å². The third-order valence-electron chi connectivity index (χ3n) is 1.55. The Morgan fingerprint density at radius 2 is 2.00 bits per heavy atom. The van der Waals surface area contributed by atoms with Gasteiger partial charge in [-0.3, -0.25) is 9.69 Å². The second kappa shape index (κ2) is 8.01. The van der Waals surface area contributed by atoms with E-state index in [0.717, 1.165) is 26.3 Å². The molecule has 0 bridgehead atoms.